The van der Waals surface area contributed by atoms with Crippen molar-refractivity contribution in [3.05, 3.63) is 12.2 Å². The number of ether oxygens (including phenoxy) is 2. The van der Waals surface area contributed by atoms with E-state index in [0.717, 1.165) is 12.2 Å². The number of amides is 1. The lowest BCUT2D eigenvalue weighted by atomic mass is 9.90. The minimum atomic E-state index is -0.836. The summed E-state index contributed by atoms with van der Waals surface area (Å²) >= 11 is 0. The summed E-state index contributed by atoms with van der Waals surface area (Å²) in [4.78, 5) is 33.9. The van der Waals surface area contributed by atoms with Crippen molar-refractivity contribution in [2.45, 2.75) is 26.9 Å². The Hall–Kier alpha value is -1.85. The van der Waals surface area contributed by atoms with Gasteiger partial charge < -0.3 is 14.8 Å². The second-order valence-electron chi connectivity index (χ2n) is 4.61. The fourth-order valence-corrected chi connectivity index (χ4v) is 1.55. The number of rotatable bonds is 4. The zero-order chi connectivity index (χ0) is 13.8. The molecule has 0 aromatic carbocycles. The van der Waals surface area contributed by atoms with E-state index in [-0.39, 0.29) is 12.5 Å². The quantitative estimate of drug-likeness (QED) is 0.572. The number of hydrogen-bond acceptors (Lipinski definition) is 5. The number of nitrogens with one attached hydrogen (secondary N) is 1. The minimum Gasteiger partial charge on any atom is -0.463 e. The molecule has 1 saturated heterocycles. The first kappa shape index (κ1) is 14.2. The summed E-state index contributed by atoms with van der Waals surface area (Å²) in [5, 5.41) is 2.62. The topological polar surface area (TPSA) is 81.7 Å². The Morgan fingerprint density at radius 1 is 1.39 bits per heavy atom. The lowest BCUT2D eigenvalue weighted by Crippen LogP contribution is -2.35. The molecule has 1 N–H and O–H groups in total. The lowest BCUT2D eigenvalue weighted by molar-refractivity contribution is -0.154. The van der Waals surface area contributed by atoms with Crippen molar-refractivity contribution in [1.29, 1.82) is 0 Å². The molecule has 1 unspecified atom stereocenters. The molecule has 0 radical (unpaired) electrons. The van der Waals surface area contributed by atoms with Crippen LogP contribution in [0.2, 0.25) is 0 Å². The first-order valence-corrected chi connectivity index (χ1v) is 5.70. The van der Waals surface area contributed by atoms with Crippen LogP contribution in [0.15, 0.2) is 12.2 Å². The molecular formula is C12H17NO5. The minimum absolute atomic E-state index is 0.232. The van der Waals surface area contributed by atoms with E-state index in [0.29, 0.717) is 6.54 Å². The Labute approximate surface area is 105 Å². The molecule has 6 nitrogen and oxygen atoms in total. The van der Waals surface area contributed by atoms with Gasteiger partial charge in [0, 0.05) is 24.1 Å². The molecule has 0 spiro atoms. The molecule has 100 valence electrons. The van der Waals surface area contributed by atoms with Crippen LogP contribution >= 0.6 is 0 Å². The van der Waals surface area contributed by atoms with Crippen LogP contribution in [-0.2, 0) is 23.9 Å². The van der Waals surface area contributed by atoms with Gasteiger partial charge in [0.2, 0.25) is 0 Å². The normalized spacial score (nSPS) is 21.7. The Kier molecular flexibility index (Phi) is 4.47. The number of carbonyl (C=O) groups excluding carboxylic acids is 3. The summed E-state index contributed by atoms with van der Waals surface area (Å²) in [5.74, 6) is -1.68. The van der Waals surface area contributed by atoms with Gasteiger partial charge in [-0.3, -0.25) is 4.79 Å². The van der Waals surface area contributed by atoms with Gasteiger partial charge in [0.15, 0.2) is 6.10 Å². The average molecular weight is 255 g/mol. The molecular weight excluding hydrogens is 238 g/mol. The third-order valence-electron chi connectivity index (χ3n) is 2.54. The zero-order valence-corrected chi connectivity index (χ0v) is 10.7. The molecule has 0 saturated carbocycles. The van der Waals surface area contributed by atoms with E-state index >= 15 is 0 Å². The molecule has 0 aromatic heterocycles. The van der Waals surface area contributed by atoms with E-state index in [1.165, 1.54) is 0 Å². The fraction of sp³-hybridized carbons (Fsp3) is 0.583. The van der Waals surface area contributed by atoms with Gasteiger partial charge in [-0.15, -0.1) is 0 Å². The van der Waals surface area contributed by atoms with E-state index < -0.39 is 23.5 Å². The van der Waals surface area contributed by atoms with Crippen molar-refractivity contribution in [3.8, 4) is 0 Å². The molecule has 1 aliphatic rings. The lowest BCUT2D eigenvalue weighted by Gasteiger charge is -2.22. The monoisotopic (exact) mass is 255 g/mol. The van der Waals surface area contributed by atoms with Gasteiger partial charge >= 0.3 is 11.9 Å². The van der Waals surface area contributed by atoms with Crippen LogP contribution in [-0.4, -0.2) is 37.1 Å². The Bertz CT molecular complexity index is 386. The second-order valence-corrected chi connectivity index (χ2v) is 4.61. The SMILES string of the molecule is CCOC(=O)/C=C/C(=O)OC1C(=O)NCC1(C)C. The molecule has 0 aliphatic carbocycles. The number of hydrogen-bond donors (Lipinski definition) is 1. The highest BCUT2D eigenvalue weighted by atomic mass is 16.6. The number of carbonyl (C=O) groups is 3. The van der Waals surface area contributed by atoms with Crippen LogP contribution in [0.3, 0.4) is 0 Å². The van der Waals surface area contributed by atoms with Crippen molar-refractivity contribution in [2.75, 3.05) is 13.2 Å². The molecule has 1 rings (SSSR count). The zero-order valence-electron chi connectivity index (χ0n) is 10.7. The highest BCUT2D eigenvalue weighted by molar-refractivity contribution is 5.93. The van der Waals surface area contributed by atoms with E-state index in [1.807, 2.05) is 13.8 Å². The molecule has 1 atom stereocenters. The van der Waals surface area contributed by atoms with Crippen molar-refractivity contribution >= 4 is 17.8 Å². The molecule has 0 bridgehead atoms. The summed E-state index contributed by atoms with van der Waals surface area (Å²) in [6, 6.07) is 0. The molecule has 6 heteroatoms. The first-order valence-electron chi connectivity index (χ1n) is 5.70. The molecule has 0 aromatic rings. The summed E-state index contributed by atoms with van der Waals surface area (Å²) in [6.07, 6.45) is 1.10. The summed E-state index contributed by atoms with van der Waals surface area (Å²) in [7, 11) is 0. The van der Waals surface area contributed by atoms with Gasteiger partial charge in [-0.05, 0) is 6.92 Å². The van der Waals surface area contributed by atoms with Gasteiger partial charge in [0.25, 0.3) is 5.91 Å². The van der Waals surface area contributed by atoms with Crippen molar-refractivity contribution < 1.29 is 23.9 Å². The summed E-state index contributed by atoms with van der Waals surface area (Å²) < 4.78 is 9.63. The first-order chi connectivity index (χ1) is 8.36. The fourth-order valence-electron chi connectivity index (χ4n) is 1.55. The van der Waals surface area contributed by atoms with E-state index in [4.69, 9.17) is 4.74 Å². The third kappa shape index (κ3) is 3.58. The van der Waals surface area contributed by atoms with Gasteiger partial charge in [-0.2, -0.15) is 0 Å². The predicted molar refractivity (Wildman–Crippen MR) is 62.4 cm³/mol. The van der Waals surface area contributed by atoms with Crippen LogP contribution in [0, 0.1) is 5.41 Å². The summed E-state index contributed by atoms with van der Waals surface area (Å²) in [6.45, 7) is 5.98. The summed E-state index contributed by atoms with van der Waals surface area (Å²) in [5.41, 5.74) is -0.454. The highest BCUT2D eigenvalue weighted by Gasteiger charge is 2.43. The highest BCUT2D eigenvalue weighted by Crippen LogP contribution is 2.27. The molecule has 1 aliphatic heterocycles. The maximum Gasteiger partial charge on any atom is 0.331 e. The smallest absolute Gasteiger partial charge is 0.331 e. The molecule has 18 heavy (non-hydrogen) atoms. The Morgan fingerprint density at radius 2 is 2.00 bits per heavy atom. The van der Waals surface area contributed by atoms with Crippen LogP contribution < -0.4 is 5.32 Å². The van der Waals surface area contributed by atoms with Gasteiger partial charge in [-0.1, -0.05) is 13.8 Å². The van der Waals surface area contributed by atoms with Crippen molar-refractivity contribution in [2.24, 2.45) is 5.41 Å². The Morgan fingerprint density at radius 3 is 2.50 bits per heavy atom. The maximum absolute atomic E-state index is 11.5. The second kappa shape index (κ2) is 5.66. The van der Waals surface area contributed by atoms with Gasteiger partial charge in [0.1, 0.15) is 0 Å². The third-order valence-corrected chi connectivity index (χ3v) is 2.54. The van der Waals surface area contributed by atoms with Crippen LogP contribution in [0.1, 0.15) is 20.8 Å². The average Bonchev–Trinajstić information content (AvgIpc) is 2.54. The Balaban J connectivity index is 2.55. The maximum atomic E-state index is 11.5. The van der Waals surface area contributed by atoms with E-state index in [1.54, 1.807) is 6.92 Å². The van der Waals surface area contributed by atoms with Crippen LogP contribution in [0.5, 0.6) is 0 Å². The van der Waals surface area contributed by atoms with Gasteiger partial charge in [-0.25, -0.2) is 9.59 Å². The molecule has 1 heterocycles. The molecule has 1 amide bonds. The standard InChI is InChI=1S/C12H17NO5/c1-4-17-8(14)5-6-9(15)18-10-11(16)13-7-12(10,2)3/h5-6,10H,4,7H2,1-3H3,(H,13,16)/b6-5+. The molecule has 1 fully saturated rings. The van der Waals surface area contributed by atoms with Crippen LogP contribution in [0.25, 0.3) is 0 Å². The van der Waals surface area contributed by atoms with Crippen molar-refractivity contribution in [3.63, 3.8) is 0 Å². The van der Waals surface area contributed by atoms with E-state index in [9.17, 15) is 14.4 Å². The van der Waals surface area contributed by atoms with E-state index in [2.05, 4.69) is 10.1 Å². The van der Waals surface area contributed by atoms with Gasteiger partial charge in [0.05, 0.1) is 6.61 Å². The predicted octanol–water partition coefficient (Wildman–Crippen LogP) is 0.173. The number of esters is 2. The largest absolute Gasteiger partial charge is 0.463 e. The van der Waals surface area contributed by atoms with Crippen LogP contribution in [0.4, 0.5) is 0 Å². The van der Waals surface area contributed by atoms with Crippen molar-refractivity contribution in [1.82, 2.24) is 5.32 Å².